The van der Waals surface area contributed by atoms with Gasteiger partial charge in [0.15, 0.2) is 6.10 Å². The molecule has 1 N–H and O–H groups in total. The van der Waals surface area contributed by atoms with Gasteiger partial charge in [0, 0.05) is 12.8 Å². The van der Waals surface area contributed by atoms with Crippen LogP contribution in [-0.4, -0.2) is 74.9 Å². The topological polar surface area (TPSA) is 108 Å². The van der Waals surface area contributed by atoms with E-state index in [0.29, 0.717) is 17.4 Å². The number of esters is 2. The lowest BCUT2D eigenvalue weighted by atomic mass is 10.0. The maximum atomic E-state index is 12.7. The van der Waals surface area contributed by atoms with E-state index in [9.17, 15) is 19.0 Å². The molecule has 9 nitrogen and oxygen atoms in total. The minimum atomic E-state index is -4.38. The van der Waals surface area contributed by atoms with Crippen molar-refractivity contribution in [3.05, 3.63) is 97.2 Å². The number of ether oxygens (including phenoxy) is 2. The summed E-state index contributed by atoms with van der Waals surface area (Å²) in [5, 5.41) is 0. The Balaban J connectivity index is 4.01. The van der Waals surface area contributed by atoms with Crippen LogP contribution in [0.2, 0.25) is 0 Å². The number of carbonyl (C=O) groups is 2. The van der Waals surface area contributed by atoms with Crippen LogP contribution in [-0.2, 0) is 32.7 Å². The highest BCUT2D eigenvalue weighted by Gasteiger charge is 2.27. The molecular weight excluding hydrogens is 894 g/mol. The second-order valence-corrected chi connectivity index (χ2v) is 21.0. The van der Waals surface area contributed by atoms with Crippen LogP contribution in [0.25, 0.3) is 0 Å². The summed E-state index contributed by atoms with van der Waals surface area (Å²) >= 11 is 0. The maximum Gasteiger partial charge on any atom is 0.472 e. The van der Waals surface area contributed by atoms with Crippen molar-refractivity contribution in [2.75, 3.05) is 47.5 Å². The van der Waals surface area contributed by atoms with Crippen molar-refractivity contribution in [3.8, 4) is 0 Å². The Kier molecular flexibility index (Phi) is 48.6. The van der Waals surface area contributed by atoms with E-state index in [4.69, 9.17) is 18.5 Å². The maximum absolute atomic E-state index is 12.7. The molecule has 70 heavy (non-hydrogen) atoms. The van der Waals surface area contributed by atoms with Crippen molar-refractivity contribution in [2.24, 2.45) is 0 Å². The van der Waals surface area contributed by atoms with E-state index in [1.165, 1.54) is 96.3 Å². The number of phosphoric ester groups is 1. The predicted molar refractivity (Wildman–Crippen MR) is 298 cm³/mol. The first-order valence-corrected chi connectivity index (χ1v) is 29.5. The molecular formula is C60H105NO8P+. The number of hydrogen-bond acceptors (Lipinski definition) is 7. The highest BCUT2D eigenvalue weighted by molar-refractivity contribution is 7.47. The summed E-state index contributed by atoms with van der Waals surface area (Å²) < 4.78 is 34.4. The fourth-order valence-corrected chi connectivity index (χ4v) is 8.07. The molecule has 0 aliphatic heterocycles. The second-order valence-electron chi connectivity index (χ2n) is 19.6. The lowest BCUT2D eigenvalue weighted by Crippen LogP contribution is -2.37. The van der Waals surface area contributed by atoms with Gasteiger partial charge in [-0.05, 0) is 77.0 Å². The molecule has 0 bridgehead atoms. The average molecular weight is 999 g/mol. The van der Waals surface area contributed by atoms with E-state index in [0.717, 1.165) is 89.9 Å². The Hall–Kier alpha value is -3.07. The normalized spacial score (nSPS) is 14.1. The molecule has 0 radical (unpaired) electrons. The standard InChI is InChI=1S/C60H104NO8P/c1-6-8-10-12-14-16-17-18-19-20-21-22-23-24-25-26-27-28-29-30-31-32-33-34-35-36-37-38-39-40-41-42-43-45-47-49-51-53-60(63)69-58(57-68-70(64,65)67-55-54-61(3,4)5)56-66-59(62)52-50-48-46-44-15-13-11-9-7-2/h8,10,14,16,18-19,21-22,24-25,27-28,30-31,33-34,58H,6-7,9,11-13,15,17,20,23,26,29,32,35-57H2,1-5H3/p+1/b10-8-,16-14-,19-18-,22-21-,25-24-,28-27-,31-30-,34-33-. The highest BCUT2D eigenvalue weighted by Crippen LogP contribution is 2.43. The van der Waals surface area contributed by atoms with Gasteiger partial charge in [0.2, 0.25) is 0 Å². The first-order chi connectivity index (χ1) is 34.0. The highest BCUT2D eigenvalue weighted by atomic mass is 31.2. The van der Waals surface area contributed by atoms with Gasteiger partial charge in [0.1, 0.15) is 19.8 Å². The summed E-state index contributed by atoms with van der Waals surface area (Å²) in [5.41, 5.74) is 0. The largest absolute Gasteiger partial charge is 0.472 e. The lowest BCUT2D eigenvalue weighted by Gasteiger charge is -2.24. The number of hydrogen-bond donors (Lipinski definition) is 1. The smallest absolute Gasteiger partial charge is 0.462 e. The minimum Gasteiger partial charge on any atom is -0.462 e. The van der Waals surface area contributed by atoms with E-state index in [-0.39, 0.29) is 32.0 Å². The average Bonchev–Trinajstić information content (AvgIpc) is 3.32. The molecule has 0 aromatic rings. The Morgan fingerprint density at radius 2 is 0.814 bits per heavy atom. The summed E-state index contributed by atoms with van der Waals surface area (Å²) in [6.45, 7) is 4.28. The molecule has 2 unspecified atom stereocenters. The van der Waals surface area contributed by atoms with Gasteiger partial charge in [-0.3, -0.25) is 18.6 Å². The van der Waals surface area contributed by atoms with Gasteiger partial charge in [-0.2, -0.15) is 0 Å². The number of carbonyl (C=O) groups excluding carboxylic acids is 2. The van der Waals surface area contributed by atoms with Crippen molar-refractivity contribution in [1.82, 2.24) is 0 Å². The fraction of sp³-hybridized carbons (Fsp3) is 0.700. The monoisotopic (exact) mass is 999 g/mol. The molecule has 2 atom stereocenters. The number of quaternary nitrogens is 1. The molecule has 0 heterocycles. The molecule has 0 spiro atoms. The van der Waals surface area contributed by atoms with Crippen LogP contribution in [0.5, 0.6) is 0 Å². The fourth-order valence-electron chi connectivity index (χ4n) is 7.32. The number of likely N-dealkylation sites (N-methyl/N-ethyl adjacent to an activating group) is 1. The van der Waals surface area contributed by atoms with E-state index < -0.39 is 26.5 Å². The Labute approximate surface area is 430 Å². The first-order valence-electron chi connectivity index (χ1n) is 28.0. The number of rotatable bonds is 50. The molecule has 0 amide bonds. The molecule has 0 fully saturated rings. The molecule has 0 aliphatic carbocycles. The van der Waals surface area contributed by atoms with Gasteiger partial charge < -0.3 is 18.9 Å². The zero-order valence-electron chi connectivity index (χ0n) is 45.5. The molecule has 0 aromatic heterocycles. The molecule has 402 valence electrons. The van der Waals surface area contributed by atoms with Crippen molar-refractivity contribution < 1.29 is 42.1 Å². The minimum absolute atomic E-state index is 0.0290. The zero-order valence-corrected chi connectivity index (χ0v) is 46.4. The van der Waals surface area contributed by atoms with Crippen LogP contribution in [0.3, 0.4) is 0 Å². The number of nitrogens with zero attached hydrogens (tertiary/aromatic N) is 1. The van der Waals surface area contributed by atoms with Crippen molar-refractivity contribution >= 4 is 19.8 Å². The van der Waals surface area contributed by atoms with Crippen molar-refractivity contribution in [2.45, 2.75) is 225 Å². The van der Waals surface area contributed by atoms with Crippen molar-refractivity contribution in [1.29, 1.82) is 0 Å². The van der Waals surface area contributed by atoms with Gasteiger partial charge in [0.05, 0.1) is 27.7 Å². The van der Waals surface area contributed by atoms with Crippen LogP contribution in [0.4, 0.5) is 0 Å². The van der Waals surface area contributed by atoms with Crippen LogP contribution in [0.15, 0.2) is 97.2 Å². The number of phosphoric acid groups is 1. The molecule has 0 rings (SSSR count). The van der Waals surface area contributed by atoms with Crippen LogP contribution < -0.4 is 0 Å². The van der Waals surface area contributed by atoms with Crippen LogP contribution in [0, 0.1) is 0 Å². The van der Waals surface area contributed by atoms with Crippen LogP contribution >= 0.6 is 7.82 Å². The third-order valence-corrected chi connectivity index (χ3v) is 12.6. The predicted octanol–water partition coefficient (Wildman–Crippen LogP) is 17.3. The SMILES string of the molecule is CC/C=C\C/C=C\C/C=C\C/C=C\C/C=C\C/C=C\C/C=C\C/C=C\CCCCCCCCCCCCCCC(=O)OC(COC(=O)CCCCCCCCCCC)COP(=O)(O)OCC[N+](C)(C)C. The quantitative estimate of drug-likeness (QED) is 0.0211. The van der Waals surface area contributed by atoms with Gasteiger partial charge in [0.25, 0.3) is 0 Å². The van der Waals surface area contributed by atoms with E-state index in [1.54, 1.807) is 0 Å². The Bertz CT molecular complexity index is 1500. The summed E-state index contributed by atoms with van der Waals surface area (Å²) in [5.74, 6) is -0.804. The Morgan fingerprint density at radius 1 is 0.457 bits per heavy atom. The third-order valence-electron chi connectivity index (χ3n) is 11.6. The molecule has 0 aromatic carbocycles. The number of allylic oxidation sites excluding steroid dienone is 16. The van der Waals surface area contributed by atoms with Gasteiger partial charge >= 0.3 is 19.8 Å². The van der Waals surface area contributed by atoms with Crippen molar-refractivity contribution in [3.63, 3.8) is 0 Å². The lowest BCUT2D eigenvalue weighted by molar-refractivity contribution is -0.870. The van der Waals surface area contributed by atoms with Gasteiger partial charge in [-0.1, -0.05) is 227 Å². The van der Waals surface area contributed by atoms with Gasteiger partial charge in [-0.15, -0.1) is 0 Å². The molecule has 0 saturated carbocycles. The summed E-state index contributed by atoms with van der Waals surface area (Å²) in [4.78, 5) is 35.4. The van der Waals surface area contributed by atoms with Gasteiger partial charge in [-0.25, -0.2) is 4.57 Å². The Morgan fingerprint density at radius 3 is 1.21 bits per heavy atom. The van der Waals surface area contributed by atoms with E-state index >= 15 is 0 Å². The summed E-state index contributed by atoms with van der Waals surface area (Å²) in [6, 6.07) is 0. The van der Waals surface area contributed by atoms with Crippen LogP contribution in [0.1, 0.15) is 219 Å². The second kappa shape index (κ2) is 50.9. The van der Waals surface area contributed by atoms with E-state index in [2.05, 4.69) is 111 Å². The molecule has 0 saturated heterocycles. The summed E-state index contributed by atoms with van der Waals surface area (Å²) in [7, 11) is 1.47. The van der Waals surface area contributed by atoms with E-state index in [1.807, 2.05) is 21.1 Å². The molecule has 0 aliphatic rings. The zero-order chi connectivity index (χ0) is 51.3. The number of unbranched alkanes of at least 4 members (excludes halogenated alkanes) is 20. The first kappa shape index (κ1) is 66.9. The summed E-state index contributed by atoms with van der Waals surface area (Å²) in [6.07, 6.45) is 69.2. The third kappa shape index (κ3) is 54.3. The molecule has 10 heteroatoms.